The van der Waals surface area contributed by atoms with Crippen molar-refractivity contribution in [1.29, 1.82) is 0 Å². The van der Waals surface area contributed by atoms with Crippen LogP contribution in [0.5, 0.6) is 5.75 Å². The second-order valence-electron chi connectivity index (χ2n) is 4.95. The highest BCUT2D eigenvalue weighted by Crippen LogP contribution is 2.31. The van der Waals surface area contributed by atoms with E-state index in [0.717, 1.165) is 18.4 Å². The normalized spacial score (nSPS) is 11.8. The van der Waals surface area contributed by atoms with Crippen LogP contribution < -0.4 is 0 Å². The highest BCUT2D eigenvalue weighted by molar-refractivity contribution is 5.33. The number of hydrogen-bond acceptors (Lipinski definition) is 5. The molecule has 5 heteroatoms. The largest absolute Gasteiger partial charge is 0.508 e. The van der Waals surface area contributed by atoms with Crippen LogP contribution >= 0.6 is 0 Å². The Morgan fingerprint density at radius 2 is 1.90 bits per heavy atom. The molecule has 0 aliphatic carbocycles. The molecule has 0 saturated heterocycles. The minimum atomic E-state index is -0.491. The summed E-state index contributed by atoms with van der Waals surface area (Å²) in [6.07, 6.45) is 1.98. The number of aromatic hydroxyl groups is 1. The van der Waals surface area contributed by atoms with Crippen molar-refractivity contribution in [1.82, 2.24) is 10.1 Å². The molecule has 0 unspecified atom stereocenters. The van der Waals surface area contributed by atoms with Crippen LogP contribution in [0.15, 0.2) is 28.8 Å². The Bertz CT molecular complexity index is 576. The Kier molecular flexibility index (Phi) is 4.96. The molecule has 114 valence electrons. The number of phenolic OH excluding ortho intramolecular Hbond substituents is 1. The summed E-state index contributed by atoms with van der Waals surface area (Å²) in [5.41, 5.74) is 0.276. The van der Waals surface area contributed by atoms with Gasteiger partial charge >= 0.3 is 0 Å². The number of hydrogen-bond donors (Lipinski definition) is 1. The smallest absolute Gasteiger partial charge is 0.231 e. The first-order valence-corrected chi connectivity index (χ1v) is 7.39. The standard InChI is InChI=1S/C16H22N2O3/c1-4-16(5-2,20-6-3)15-17-14(21-18-15)11-12-9-7-8-10-13(12)19/h7-10,19H,4-6,11H2,1-3H3. The highest BCUT2D eigenvalue weighted by Gasteiger charge is 2.34. The van der Waals surface area contributed by atoms with E-state index in [1.54, 1.807) is 12.1 Å². The molecule has 0 aliphatic rings. The van der Waals surface area contributed by atoms with E-state index < -0.39 is 5.60 Å². The van der Waals surface area contributed by atoms with Crippen molar-refractivity contribution < 1.29 is 14.4 Å². The fraction of sp³-hybridized carbons (Fsp3) is 0.500. The molecule has 0 aliphatic heterocycles. The van der Waals surface area contributed by atoms with Gasteiger partial charge in [-0.05, 0) is 25.8 Å². The van der Waals surface area contributed by atoms with E-state index in [-0.39, 0.29) is 5.75 Å². The lowest BCUT2D eigenvalue weighted by molar-refractivity contribution is -0.0583. The van der Waals surface area contributed by atoms with Crippen molar-refractivity contribution >= 4 is 0 Å². The Balaban J connectivity index is 2.23. The molecule has 1 aromatic heterocycles. The first-order valence-electron chi connectivity index (χ1n) is 7.39. The van der Waals surface area contributed by atoms with Crippen molar-refractivity contribution in [3.63, 3.8) is 0 Å². The third kappa shape index (κ3) is 3.24. The Labute approximate surface area is 125 Å². The van der Waals surface area contributed by atoms with Crippen molar-refractivity contribution in [2.45, 2.75) is 45.6 Å². The van der Waals surface area contributed by atoms with E-state index in [2.05, 4.69) is 24.0 Å². The average Bonchev–Trinajstić information content (AvgIpc) is 2.96. The Morgan fingerprint density at radius 3 is 2.52 bits per heavy atom. The van der Waals surface area contributed by atoms with E-state index >= 15 is 0 Å². The molecule has 2 aromatic rings. The van der Waals surface area contributed by atoms with Crippen LogP contribution in [0.4, 0.5) is 0 Å². The van der Waals surface area contributed by atoms with Crippen LogP contribution in [0.1, 0.15) is 50.9 Å². The maximum Gasteiger partial charge on any atom is 0.231 e. The first kappa shape index (κ1) is 15.5. The quantitative estimate of drug-likeness (QED) is 0.846. The molecule has 21 heavy (non-hydrogen) atoms. The van der Waals surface area contributed by atoms with Crippen LogP contribution in [0.2, 0.25) is 0 Å². The first-order chi connectivity index (χ1) is 10.1. The summed E-state index contributed by atoms with van der Waals surface area (Å²) in [5, 5.41) is 13.9. The summed E-state index contributed by atoms with van der Waals surface area (Å²) in [6.45, 7) is 6.67. The van der Waals surface area contributed by atoms with Gasteiger partial charge in [0.1, 0.15) is 11.4 Å². The van der Waals surface area contributed by atoms with Crippen LogP contribution in [-0.2, 0) is 16.8 Å². The predicted molar refractivity (Wildman–Crippen MR) is 79.1 cm³/mol. The van der Waals surface area contributed by atoms with Gasteiger partial charge in [0, 0.05) is 12.2 Å². The summed E-state index contributed by atoms with van der Waals surface area (Å²) >= 11 is 0. The van der Waals surface area contributed by atoms with E-state index in [1.807, 2.05) is 19.1 Å². The van der Waals surface area contributed by atoms with Gasteiger partial charge in [-0.1, -0.05) is 37.2 Å². The molecule has 2 rings (SSSR count). The molecule has 0 spiro atoms. The average molecular weight is 290 g/mol. The lowest BCUT2D eigenvalue weighted by Crippen LogP contribution is -2.29. The van der Waals surface area contributed by atoms with Gasteiger partial charge in [0.05, 0.1) is 6.42 Å². The fourth-order valence-electron chi connectivity index (χ4n) is 2.45. The molecule has 0 fully saturated rings. The minimum absolute atomic E-state index is 0.235. The number of nitrogens with zero attached hydrogens (tertiary/aromatic N) is 2. The van der Waals surface area contributed by atoms with Gasteiger partial charge in [-0.3, -0.25) is 0 Å². The number of rotatable bonds is 7. The van der Waals surface area contributed by atoms with Gasteiger partial charge in [-0.25, -0.2) is 0 Å². The third-order valence-electron chi connectivity index (χ3n) is 3.77. The molecule has 1 heterocycles. The van der Waals surface area contributed by atoms with Gasteiger partial charge in [0.2, 0.25) is 11.7 Å². The summed E-state index contributed by atoms with van der Waals surface area (Å²) in [4.78, 5) is 4.47. The van der Waals surface area contributed by atoms with E-state index in [1.165, 1.54) is 0 Å². The number of ether oxygens (including phenoxy) is 1. The van der Waals surface area contributed by atoms with Crippen LogP contribution in [0.25, 0.3) is 0 Å². The monoisotopic (exact) mass is 290 g/mol. The van der Waals surface area contributed by atoms with Crippen LogP contribution in [0, 0.1) is 0 Å². The second-order valence-corrected chi connectivity index (χ2v) is 4.95. The molecule has 1 N–H and O–H groups in total. The highest BCUT2D eigenvalue weighted by atomic mass is 16.5. The summed E-state index contributed by atoms with van der Waals surface area (Å²) in [5.74, 6) is 1.30. The van der Waals surface area contributed by atoms with E-state index in [4.69, 9.17) is 9.26 Å². The van der Waals surface area contributed by atoms with Crippen LogP contribution in [-0.4, -0.2) is 21.9 Å². The zero-order valence-electron chi connectivity index (χ0n) is 12.8. The summed E-state index contributed by atoms with van der Waals surface area (Å²) in [6, 6.07) is 7.14. The van der Waals surface area contributed by atoms with Gasteiger partial charge in [-0.2, -0.15) is 4.98 Å². The predicted octanol–water partition coefficient (Wildman–Crippen LogP) is 3.42. The van der Waals surface area contributed by atoms with Crippen molar-refractivity contribution in [3.05, 3.63) is 41.5 Å². The number of benzene rings is 1. The maximum absolute atomic E-state index is 9.80. The molecule has 0 bridgehead atoms. The van der Waals surface area contributed by atoms with Crippen molar-refractivity contribution in [2.75, 3.05) is 6.61 Å². The molecular weight excluding hydrogens is 268 g/mol. The Hall–Kier alpha value is -1.88. The lowest BCUT2D eigenvalue weighted by Gasteiger charge is -2.27. The molecule has 0 atom stereocenters. The summed E-state index contributed by atoms with van der Waals surface area (Å²) in [7, 11) is 0. The maximum atomic E-state index is 9.80. The Morgan fingerprint density at radius 1 is 1.19 bits per heavy atom. The SMILES string of the molecule is CCOC(CC)(CC)c1noc(Cc2ccccc2O)n1. The summed E-state index contributed by atoms with van der Waals surface area (Å²) < 4.78 is 11.2. The number of aromatic nitrogens is 2. The molecular formula is C16H22N2O3. The van der Waals surface area contributed by atoms with E-state index in [0.29, 0.717) is 24.7 Å². The van der Waals surface area contributed by atoms with Gasteiger partial charge < -0.3 is 14.4 Å². The topological polar surface area (TPSA) is 68.4 Å². The third-order valence-corrected chi connectivity index (χ3v) is 3.77. The molecule has 0 radical (unpaired) electrons. The van der Waals surface area contributed by atoms with Gasteiger partial charge in [0.15, 0.2) is 0 Å². The molecule has 1 aromatic carbocycles. The van der Waals surface area contributed by atoms with Crippen LogP contribution in [0.3, 0.4) is 0 Å². The second kappa shape index (κ2) is 6.72. The lowest BCUT2D eigenvalue weighted by atomic mass is 9.96. The van der Waals surface area contributed by atoms with Gasteiger partial charge in [-0.15, -0.1) is 0 Å². The minimum Gasteiger partial charge on any atom is -0.508 e. The molecule has 0 saturated carbocycles. The zero-order chi connectivity index (χ0) is 15.3. The molecule has 5 nitrogen and oxygen atoms in total. The number of para-hydroxylation sites is 1. The van der Waals surface area contributed by atoms with E-state index in [9.17, 15) is 5.11 Å². The zero-order valence-corrected chi connectivity index (χ0v) is 12.8. The fourth-order valence-corrected chi connectivity index (χ4v) is 2.45. The van der Waals surface area contributed by atoms with Crippen molar-refractivity contribution in [3.8, 4) is 5.75 Å². The van der Waals surface area contributed by atoms with Gasteiger partial charge in [0.25, 0.3) is 0 Å². The number of phenols is 1. The van der Waals surface area contributed by atoms with Crippen molar-refractivity contribution in [2.24, 2.45) is 0 Å². The molecule has 0 amide bonds.